The van der Waals surface area contributed by atoms with Crippen LogP contribution in [0.3, 0.4) is 0 Å². The summed E-state index contributed by atoms with van der Waals surface area (Å²) in [6.45, 7) is 7.88. The van der Waals surface area contributed by atoms with Crippen molar-refractivity contribution in [2.45, 2.75) is 45.1 Å². The van der Waals surface area contributed by atoms with Gasteiger partial charge in [-0.15, -0.1) is 11.3 Å². The number of carbonyl (C=O) groups excluding carboxylic acids is 2. The number of imide groups is 1. The summed E-state index contributed by atoms with van der Waals surface area (Å²) in [6, 6.07) is 4.58. The highest BCUT2D eigenvalue weighted by molar-refractivity contribution is 7.09. The van der Waals surface area contributed by atoms with Crippen LogP contribution in [0.2, 0.25) is 0 Å². The van der Waals surface area contributed by atoms with E-state index in [-0.39, 0.29) is 30.6 Å². The summed E-state index contributed by atoms with van der Waals surface area (Å²) in [5, 5.41) is 3.04. The van der Waals surface area contributed by atoms with Gasteiger partial charge in [0, 0.05) is 68.5 Å². The monoisotopic (exact) mass is 620 g/mol. The van der Waals surface area contributed by atoms with E-state index < -0.39 is 5.82 Å². The molecule has 0 radical (unpaired) electrons. The molecular weight excluding hydrogens is 583 g/mol. The number of thiazole rings is 1. The fourth-order valence-electron chi connectivity index (χ4n) is 5.70. The maximum Gasteiger partial charge on any atom is 0.256 e. The van der Waals surface area contributed by atoms with Gasteiger partial charge in [-0.05, 0) is 48.6 Å². The lowest BCUT2D eigenvalue weighted by Gasteiger charge is -2.31. The fourth-order valence-corrected chi connectivity index (χ4v) is 6.67. The van der Waals surface area contributed by atoms with Crippen molar-refractivity contribution in [3.63, 3.8) is 0 Å². The molecule has 0 bridgehead atoms. The minimum absolute atomic E-state index is 0.0207. The molecule has 3 fully saturated rings. The van der Waals surface area contributed by atoms with E-state index in [1.54, 1.807) is 29.5 Å². The number of likely N-dealkylation sites (tertiary alicyclic amines) is 1. The Labute approximate surface area is 260 Å². The van der Waals surface area contributed by atoms with Crippen LogP contribution in [-0.4, -0.2) is 89.0 Å². The third-order valence-electron chi connectivity index (χ3n) is 8.37. The summed E-state index contributed by atoms with van der Waals surface area (Å²) in [6.07, 6.45) is 8.27. The number of piperidine rings is 1. The minimum Gasteiger partial charge on any atom is -0.484 e. The molecule has 3 aliphatic heterocycles. The number of hydrogen-bond donors (Lipinski definition) is 0. The zero-order valence-electron chi connectivity index (χ0n) is 24.9. The van der Waals surface area contributed by atoms with Crippen molar-refractivity contribution in [2.75, 3.05) is 57.4 Å². The lowest BCUT2D eigenvalue weighted by molar-refractivity contribution is -0.137. The number of aryl methyl sites for hydroxylation is 1. The van der Waals surface area contributed by atoms with Crippen molar-refractivity contribution in [3.05, 3.63) is 69.2 Å². The van der Waals surface area contributed by atoms with Crippen molar-refractivity contribution in [1.29, 1.82) is 0 Å². The summed E-state index contributed by atoms with van der Waals surface area (Å²) in [7, 11) is 0. The van der Waals surface area contributed by atoms with Gasteiger partial charge in [0.2, 0.25) is 11.9 Å². The SMILES string of the molecule is CCc1cnc(N2CCC(c3nc(COc4ccc(/C=C5\CC(=O)N(CCN6CCOCC6)C5=O)cc4F)cs3)CC2)nc1. The summed E-state index contributed by atoms with van der Waals surface area (Å²) >= 11 is 1.62. The second-order valence-corrected chi connectivity index (χ2v) is 12.2. The Morgan fingerprint density at radius 1 is 1.09 bits per heavy atom. The number of benzene rings is 1. The third kappa shape index (κ3) is 7.14. The maximum atomic E-state index is 15.0. The van der Waals surface area contributed by atoms with Crippen LogP contribution in [0.15, 0.2) is 41.5 Å². The molecule has 0 N–H and O–H groups in total. The van der Waals surface area contributed by atoms with Gasteiger partial charge >= 0.3 is 0 Å². The van der Waals surface area contributed by atoms with Gasteiger partial charge in [0.15, 0.2) is 11.6 Å². The normalized spacial score (nSPS) is 19.4. The van der Waals surface area contributed by atoms with Gasteiger partial charge in [-0.1, -0.05) is 13.0 Å². The summed E-state index contributed by atoms with van der Waals surface area (Å²) in [5.74, 6) is 0.196. The lowest BCUT2D eigenvalue weighted by Crippen LogP contribution is -2.42. The number of amides is 2. The van der Waals surface area contributed by atoms with Crippen LogP contribution >= 0.6 is 11.3 Å². The Bertz CT molecular complexity index is 1500. The maximum absolute atomic E-state index is 15.0. The number of ether oxygens (including phenoxy) is 2. The van der Waals surface area contributed by atoms with Crippen molar-refractivity contribution < 1.29 is 23.5 Å². The molecule has 0 unspecified atom stereocenters. The number of morpholine rings is 1. The van der Waals surface area contributed by atoms with Gasteiger partial charge in [0.25, 0.3) is 5.91 Å². The van der Waals surface area contributed by atoms with E-state index in [2.05, 4.69) is 26.7 Å². The summed E-state index contributed by atoms with van der Waals surface area (Å²) < 4.78 is 26.1. The molecule has 2 aromatic heterocycles. The first-order valence-corrected chi connectivity index (χ1v) is 16.1. The molecule has 10 nitrogen and oxygen atoms in total. The molecule has 6 rings (SSSR count). The molecule has 3 aromatic rings. The van der Waals surface area contributed by atoms with E-state index in [1.165, 1.54) is 11.0 Å². The smallest absolute Gasteiger partial charge is 0.256 e. The predicted molar refractivity (Wildman–Crippen MR) is 165 cm³/mol. The minimum atomic E-state index is -0.530. The first-order valence-electron chi connectivity index (χ1n) is 15.2. The average Bonchev–Trinajstić information content (AvgIpc) is 3.63. The Kier molecular flexibility index (Phi) is 9.58. The largest absolute Gasteiger partial charge is 0.484 e. The topological polar surface area (TPSA) is 101 Å². The van der Waals surface area contributed by atoms with E-state index in [1.807, 2.05) is 17.8 Å². The Balaban J connectivity index is 0.995. The molecule has 12 heteroatoms. The lowest BCUT2D eigenvalue weighted by atomic mass is 9.98. The molecular formula is C32H37FN6O4S. The molecule has 3 aliphatic rings. The number of aromatic nitrogens is 3. The van der Waals surface area contributed by atoms with Gasteiger partial charge in [0.05, 0.1) is 30.3 Å². The third-order valence-corrected chi connectivity index (χ3v) is 9.43. The average molecular weight is 621 g/mol. The van der Waals surface area contributed by atoms with Crippen molar-refractivity contribution in [3.8, 4) is 5.75 Å². The molecule has 232 valence electrons. The predicted octanol–water partition coefficient (Wildman–Crippen LogP) is 4.07. The molecule has 0 aliphatic carbocycles. The molecule has 0 saturated carbocycles. The molecule has 0 atom stereocenters. The van der Waals surface area contributed by atoms with Crippen LogP contribution in [0.25, 0.3) is 6.08 Å². The second kappa shape index (κ2) is 13.9. The zero-order chi connectivity index (χ0) is 30.5. The Morgan fingerprint density at radius 2 is 1.86 bits per heavy atom. The number of halogens is 1. The molecule has 0 spiro atoms. The van der Waals surface area contributed by atoms with Crippen LogP contribution in [0, 0.1) is 5.82 Å². The second-order valence-electron chi connectivity index (χ2n) is 11.3. The number of anilines is 1. The van der Waals surface area contributed by atoms with Gasteiger partial charge < -0.3 is 14.4 Å². The van der Waals surface area contributed by atoms with Crippen LogP contribution < -0.4 is 9.64 Å². The summed E-state index contributed by atoms with van der Waals surface area (Å²) in [4.78, 5) is 44.9. The fraction of sp³-hybridized carbons (Fsp3) is 0.469. The van der Waals surface area contributed by atoms with E-state index in [0.717, 1.165) is 67.7 Å². The Hall–Kier alpha value is -3.74. The molecule has 44 heavy (non-hydrogen) atoms. The quantitative estimate of drug-likeness (QED) is 0.245. The van der Waals surface area contributed by atoms with E-state index in [0.29, 0.717) is 43.4 Å². The zero-order valence-corrected chi connectivity index (χ0v) is 25.7. The van der Waals surface area contributed by atoms with Crippen LogP contribution in [0.4, 0.5) is 10.3 Å². The number of carbonyl (C=O) groups is 2. The Morgan fingerprint density at radius 3 is 2.59 bits per heavy atom. The van der Waals surface area contributed by atoms with E-state index in [9.17, 15) is 14.0 Å². The number of hydrogen-bond acceptors (Lipinski definition) is 10. The van der Waals surface area contributed by atoms with Crippen molar-refractivity contribution in [2.24, 2.45) is 0 Å². The summed E-state index contributed by atoms with van der Waals surface area (Å²) in [5.41, 5.74) is 2.78. The molecule has 2 amide bonds. The van der Waals surface area contributed by atoms with E-state index in [4.69, 9.17) is 14.5 Å². The van der Waals surface area contributed by atoms with E-state index >= 15 is 0 Å². The molecule has 3 saturated heterocycles. The van der Waals surface area contributed by atoms with Gasteiger partial charge in [-0.2, -0.15) is 0 Å². The van der Waals surface area contributed by atoms with Gasteiger partial charge in [-0.25, -0.2) is 19.3 Å². The van der Waals surface area contributed by atoms with Crippen LogP contribution in [0.5, 0.6) is 5.75 Å². The first-order chi connectivity index (χ1) is 21.5. The van der Waals surface area contributed by atoms with Crippen molar-refractivity contribution >= 4 is 35.2 Å². The number of nitrogens with zero attached hydrogens (tertiary/aromatic N) is 6. The molecule has 1 aromatic carbocycles. The highest BCUT2D eigenvalue weighted by atomic mass is 32.1. The van der Waals surface area contributed by atoms with Crippen LogP contribution in [-0.2, 0) is 27.4 Å². The highest BCUT2D eigenvalue weighted by Gasteiger charge is 2.34. The standard InChI is InChI=1S/C32H37FN6O4S/c1-2-22-18-34-32(35-19-22)38-7-5-24(6-8-38)30-36-26(21-44-30)20-43-28-4-3-23(16-27(28)33)15-25-17-29(40)39(31(25)41)10-9-37-11-13-42-14-12-37/h3-4,15-16,18-19,21,24H,2,5-14,17,20H2,1H3/b25-15+. The highest BCUT2D eigenvalue weighted by Crippen LogP contribution is 2.32. The number of rotatable bonds is 10. The molecule has 5 heterocycles. The first kappa shape index (κ1) is 30.3. The van der Waals surface area contributed by atoms with Gasteiger partial charge in [0.1, 0.15) is 6.61 Å². The van der Waals surface area contributed by atoms with Crippen molar-refractivity contribution in [1.82, 2.24) is 24.8 Å². The van der Waals surface area contributed by atoms with Crippen LogP contribution in [0.1, 0.15) is 53.9 Å². The van der Waals surface area contributed by atoms with Gasteiger partial charge in [-0.3, -0.25) is 19.4 Å².